The fourth-order valence-electron chi connectivity index (χ4n) is 12.2. The molecule has 0 aromatic carbocycles. The highest BCUT2D eigenvalue weighted by Gasteiger charge is 2.40. The first-order valence-electron chi connectivity index (χ1n) is 25.4. The molecule has 24 atom stereocenters. The van der Waals surface area contributed by atoms with Crippen molar-refractivity contribution >= 4 is 0 Å². The molecule has 0 radical (unpaired) electrons. The van der Waals surface area contributed by atoms with Gasteiger partial charge < -0.3 is 0 Å². The summed E-state index contributed by atoms with van der Waals surface area (Å²) in [4.78, 5) is 0. The number of rotatable bonds is 26. The van der Waals surface area contributed by atoms with Gasteiger partial charge in [0.2, 0.25) is 0 Å². The molecule has 0 spiro atoms. The van der Waals surface area contributed by atoms with Crippen molar-refractivity contribution in [3.05, 3.63) is 0 Å². The highest BCUT2D eigenvalue weighted by atomic mass is 14.5. The van der Waals surface area contributed by atoms with Crippen LogP contribution in [0.25, 0.3) is 0 Å². The third-order valence-electron chi connectivity index (χ3n) is 22.0. The zero-order valence-corrected chi connectivity index (χ0v) is 44.6. The van der Waals surface area contributed by atoms with Gasteiger partial charge in [0.25, 0.3) is 0 Å². The maximum Gasteiger partial charge on any atom is -0.0386 e. The van der Waals surface area contributed by atoms with E-state index < -0.39 is 0 Å². The molecule has 0 rings (SSSR count). The first-order chi connectivity index (χ1) is 25.4. The van der Waals surface area contributed by atoms with Gasteiger partial charge in [-0.1, -0.05) is 201 Å². The molecule has 0 saturated heterocycles. The summed E-state index contributed by atoms with van der Waals surface area (Å²) in [6, 6.07) is 0. The van der Waals surface area contributed by atoms with Gasteiger partial charge in [0.05, 0.1) is 0 Å². The normalized spacial score (nSPS) is 26.6. The molecule has 56 heavy (non-hydrogen) atoms. The molecule has 0 fully saturated rings. The van der Waals surface area contributed by atoms with Gasteiger partial charge >= 0.3 is 0 Å². The van der Waals surface area contributed by atoms with Crippen LogP contribution >= 0.6 is 0 Å². The Balaban J connectivity index is 5.63. The molecule has 0 bridgehead atoms. The maximum atomic E-state index is 2.61. The second-order valence-corrected chi connectivity index (χ2v) is 24.0. The Morgan fingerprint density at radius 3 is 0.196 bits per heavy atom. The lowest BCUT2D eigenvalue weighted by Crippen LogP contribution is -2.38. The SMILES string of the molecule is CC(C)C(C)C(C)C(C)C(C)C(C)C(C)C(C)C(C)C(C)C(C)C(C)C(C)C(C)C(C)C(C)C(C)C(C)C(C)C(C)C(C)C(C)C(C)C(C)C(C)C(C)C(C)C. The van der Waals surface area contributed by atoms with Crippen LogP contribution in [0.5, 0.6) is 0 Å². The molecule has 0 aliphatic carbocycles. The molecule has 0 heteroatoms. The average Bonchev–Trinajstić information content (AvgIpc) is 3.18. The Hall–Kier alpha value is 0. The first-order valence-corrected chi connectivity index (χ1v) is 25.4. The van der Waals surface area contributed by atoms with E-state index in [0.717, 1.165) is 160 Å². The van der Waals surface area contributed by atoms with Crippen LogP contribution < -0.4 is 0 Å². The van der Waals surface area contributed by atoms with Crippen LogP contribution in [0.4, 0.5) is 0 Å². The van der Waals surface area contributed by atoms with Crippen LogP contribution in [-0.2, 0) is 0 Å². The fourth-order valence-corrected chi connectivity index (χ4v) is 12.2. The van der Waals surface area contributed by atoms with E-state index in [2.05, 4.69) is 201 Å². The van der Waals surface area contributed by atoms with E-state index in [1.807, 2.05) is 0 Å². The van der Waals surface area contributed by atoms with Crippen molar-refractivity contribution in [3.63, 3.8) is 0 Å². The molecule has 0 heterocycles. The lowest BCUT2D eigenvalue weighted by molar-refractivity contribution is 0.0401. The van der Waals surface area contributed by atoms with Gasteiger partial charge in [-0.05, 0) is 160 Å². The van der Waals surface area contributed by atoms with Gasteiger partial charge in [0, 0.05) is 0 Å². The van der Waals surface area contributed by atoms with Crippen molar-refractivity contribution in [2.24, 2.45) is 160 Å². The Morgan fingerprint density at radius 2 is 0.143 bits per heavy atom. The molecule has 0 saturated carbocycles. The molecule has 338 valence electrons. The summed E-state index contributed by atoms with van der Waals surface area (Å²) in [5, 5.41) is 0. The van der Waals surface area contributed by atoms with Crippen molar-refractivity contribution < 1.29 is 0 Å². The number of hydrogen-bond acceptors (Lipinski definition) is 0. The van der Waals surface area contributed by atoms with E-state index in [9.17, 15) is 0 Å². The van der Waals surface area contributed by atoms with Crippen molar-refractivity contribution in [1.29, 1.82) is 0 Å². The predicted octanol–water partition coefficient (Wildman–Crippen LogP) is 18.2. The monoisotopic (exact) mass is 787 g/mol. The van der Waals surface area contributed by atoms with Crippen molar-refractivity contribution in [2.75, 3.05) is 0 Å². The second kappa shape index (κ2) is 24.4. The Labute approximate surface area is 359 Å². The summed E-state index contributed by atoms with van der Waals surface area (Å²) < 4.78 is 0. The lowest BCUT2D eigenvalue weighted by atomic mass is 9.61. The van der Waals surface area contributed by atoms with Gasteiger partial charge in [-0.3, -0.25) is 0 Å². The molecular formula is C56H114. The minimum atomic E-state index is 0.720. The fraction of sp³-hybridized carbons (Fsp3) is 1.00. The average molecular weight is 788 g/mol. The van der Waals surface area contributed by atoms with E-state index in [0.29, 0.717) is 0 Å². The van der Waals surface area contributed by atoms with Gasteiger partial charge in [-0.2, -0.15) is 0 Å². The quantitative estimate of drug-likeness (QED) is 0.0819. The van der Waals surface area contributed by atoms with Gasteiger partial charge in [-0.25, -0.2) is 0 Å². The zero-order valence-electron chi connectivity index (χ0n) is 44.6. The zero-order chi connectivity index (χ0) is 44.6. The molecular weight excluding hydrogens is 673 g/mol. The van der Waals surface area contributed by atoms with E-state index >= 15 is 0 Å². The van der Waals surface area contributed by atoms with Crippen LogP contribution in [-0.4, -0.2) is 0 Å². The van der Waals surface area contributed by atoms with Crippen LogP contribution in [0.15, 0.2) is 0 Å². The van der Waals surface area contributed by atoms with Gasteiger partial charge in [0.15, 0.2) is 0 Å². The minimum Gasteiger partial charge on any atom is -0.0625 e. The molecule has 24 unspecified atom stereocenters. The van der Waals surface area contributed by atoms with Crippen molar-refractivity contribution in [3.8, 4) is 0 Å². The van der Waals surface area contributed by atoms with Crippen molar-refractivity contribution in [1.82, 2.24) is 0 Å². The molecule has 0 aromatic rings. The molecule has 0 N–H and O–H groups in total. The van der Waals surface area contributed by atoms with Crippen LogP contribution in [0.3, 0.4) is 0 Å². The summed E-state index contributed by atoms with van der Waals surface area (Å²) in [5.74, 6) is 20.0. The van der Waals surface area contributed by atoms with E-state index in [-0.39, 0.29) is 0 Å². The lowest BCUT2D eigenvalue weighted by Gasteiger charge is -2.45. The molecule has 0 amide bonds. The van der Waals surface area contributed by atoms with Crippen molar-refractivity contribution in [2.45, 2.75) is 201 Å². The highest BCUT2D eigenvalue weighted by Crippen LogP contribution is 2.47. The molecule has 0 aliphatic heterocycles. The van der Waals surface area contributed by atoms with E-state index in [1.165, 1.54) is 0 Å². The largest absolute Gasteiger partial charge is 0.0625 e. The Morgan fingerprint density at radius 1 is 0.0893 bits per heavy atom. The summed E-state index contributed by atoms with van der Waals surface area (Å²) >= 11 is 0. The predicted molar refractivity (Wildman–Crippen MR) is 259 cm³/mol. The van der Waals surface area contributed by atoms with Gasteiger partial charge in [-0.15, -0.1) is 0 Å². The minimum absolute atomic E-state index is 0.720. The summed E-state index contributed by atoms with van der Waals surface area (Å²) in [6.07, 6.45) is 0. The molecule has 0 aliphatic rings. The molecule has 0 nitrogen and oxygen atoms in total. The first kappa shape index (κ1) is 56.0. The number of hydrogen-bond donors (Lipinski definition) is 0. The van der Waals surface area contributed by atoms with E-state index in [4.69, 9.17) is 0 Å². The third kappa shape index (κ3) is 14.0. The molecule has 0 aromatic heterocycles. The standard InChI is InChI=1S/C56H114/c1-30(2)32(5)34(7)36(9)38(11)40(13)42(15)44(17)46(19)48(21)50(23)52(25)54(27)56(29)55(28)53(26)51(24)49(22)47(20)45(18)43(16)41(14)39(12)37(10)35(8)33(6)31(3)4/h30-56H,1-29H3. The van der Waals surface area contributed by atoms with E-state index in [1.54, 1.807) is 0 Å². The smallest absolute Gasteiger partial charge is 0.0386 e. The van der Waals surface area contributed by atoms with Gasteiger partial charge in [0.1, 0.15) is 0 Å². The second-order valence-electron chi connectivity index (χ2n) is 24.0. The van der Waals surface area contributed by atoms with Crippen LogP contribution in [0, 0.1) is 160 Å². The maximum absolute atomic E-state index is 2.61. The third-order valence-corrected chi connectivity index (χ3v) is 22.0. The highest BCUT2D eigenvalue weighted by molar-refractivity contribution is 4.89. The summed E-state index contributed by atoms with van der Waals surface area (Å²) in [6.45, 7) is 74.0. The Bertz CT molecular complexity index is 943. The summed E-state index contributed by atoms with van der Waals surface area (Å²) in [7, 11) is 0. The van der Waals surface area contributed by atoms with Crippen LogP contribution in [0.1, 0.15) is 201 Å². The van der Waals surface area contributed by atoms with Crippen LogP contribution in [0.2, 0.25) is 0 Å². The topological polar surface area (TPSA) is 0 Å². The summed E-state index contributed by atoms with van der Waals surface area (Å²) in [5.41, 5.74) is 0. The Kier molecular flexibility index (Phi) is 24.4.